The number of amides is 4. The molecule has 0 radical (unpaired) electrons. The highest BCUT2D eigenvalue weighted by molar-refractivity contribution is 8.76. The van der Waals surface area contributed by atoms with Crippen molar-refractivity contribution in [3.63, 3.8) is 0 Å². The van der Waals surface area contributed by atoms with Gasteiger partial charge in [0.05, 0.1) is 0 Å². The Hall–Kier alpha value is -0.760. The number of carbonyl (C=O) groups excluding carboxylic acids is 2. The van der Waals surface area contributed by atoms with Crippen LogP contribution in [0.5, 0.6) is 0 Å². The van der Waals surface area contributed by atoms with Crippen LogP contribution in [-0.2, 0) is 0 Å². The van der Waals surface area contributed by atoms with Crippen LogP contribution < -0.4 is 21.3 Å². The number of carbonyl (C=O) groups is 2. The van der Waals surface area contributed by atoms with Gasteiger partial charge in [0, 0.05) is 38.7 Å². The van der Waals surface area contributed by atoms with Gasteiger partial charge in [0.15, 0.2) is 0 Å². The maximum absolute atomic E-state index is 10.8. The van der Waals surface area contributed by atoms with E-state index in [0.717, 1.165) is 11.5 Å². The van der Waals surface area contributed by atoms with Gasteiger partial charge in [-0.15, -0.1) is 0 Å². The quantitative estimate of drug-likeness (QED) is 0.393. The summed E-state index contributed by atoms with van der Waals surface area (Å²) in [7, 11) is 6.50. The largest absolute Gasteiger partial charge is 0.341 e. The Morgan fingerprint density at radius 3 is 1.56 bits per heavy atom. The Balaban J connectivity index is 3.10. The van der Waals surface area contributed by atoms with E-state index < -0.39 is 0 Å². The molecule has 0 aromatic rings. The summed E-state index contributed by atoms with van der Waals surface area (Å²) in [5.74, 6) is 1.69. The molecule has 0 aromatic carbocycles. The highest BCUT2D eigenvalue weighted by atomic mass is 33.1. The van der Waals surface area contributed by atoms with E-state index in [1.54, 1.807) is 35.7 Å². The van der Waals surface area contributed by atoms with Crippen molar-refractivity contribution in [1.29, 1.82) is 0 Å². The van der Waals surface area contributed by atoms with Gasteiger partial charge in [0.2, 0.25) is 0 Å². The molecular formula is C8H18N4O2S2. The summed E-state index contributed by atoms with van der Waals surface area (Å²) in [5, 5.41) is 10.3. The van der Waals surface area contributed by atoms with E-state index in [4.69, 9.17) is 0 Å². The zero-order valence-electron chi connectivity index (χ0n) is 9.46. The first-order chi connectivity index (χ1) is 7.70. The molecule has 0 spiro atoms. The number of nitrogens with one attached hydrogen (secondary N) is 4. The molecule has 0 atom stereocenters. The third-order valence-corrected chi connectivity index (χ3v) is 3.89. The Labute approximate surface area is 103 Å². The number of rotatable bonds is 7. The maximum atomic E-state index is 10.8. The van der Waals surface area contributed by atoms with Gasteiger partial charge in [0.25, 0.3) is 0 Å². The minimum absolute atomic E-state index is 0.160. The van der Waals surface area contributed by atoms with Gasteiger partial charge in [-0.1, -0.05) is 21.6 Å². The van der Waals surface area contributed by atoms with E-state index in [1.807, 2.05) is 0 Å². The van der Waals surface area contributed by atoms with Crippen LogP contribution in [0.15, 0.2) is 0 Å². The van der Waals surface area contributed by atoms with Crippen molar-refractivity contribution in [2.24, 2.45) is 0 Å². The van der Waals surface area contributed by atoms with Gasteiger partial charge >= 0.3 is 12.1 Å². The van der Waals surface area contributed by atoms with Crippen LogP contribution in [0, 0.1) is 0 Å². The third-order valence-electron chi connectivity index (χ3n) is 1.48. The number of hydrogen-bond acceptors (Lipinski definition) is 4. The van der Waals surface area contributed by atoms with E-state index in [-0.39, 0.29) is 12.1 Å². The average molecular weight is 266 g/mol. The molecule has 0 unspecified atom stereocenters. The summed E-state index contributed by atoms with van der Waals surface area (Å²) in [6.07, 6.45) is 0. The van der Waals surface area contributed by atoms with Crippen LogP contribution in [0.1, 0.15) is 0 Å². The molecule has 0 saturated carbocycles. The lowest BCUT2D eigenvalue weighted by Gasteiger charge is -2.04. The summed E-state index contributed by atoms with van der Waals surface area (Å²) in [4.78, 5) is 21.5. The Kier molecular flexibility index (Phi) is 10.2. The first-order valence-corrected chi connectivity index (χ1v) is 7.35. The Morgan fingerprint density at radius 2 is 1.25 bits per heavy atom. The first-order valence-electron chi connectivity index (χ1n) is 4.86. The number of hydrogen-bond donors (Lipinski definition) is 4. The Bertz CT molecular complexity index is 194. The first kappa shape index (κ1) is 15.2. The smallest absolute Gasteiger partial charge is 0.314 e. The molecule has 0 aliphatic carbocycles. The molecule has 16 heavy (non-hydrogen) atoms. The second kappa shape index (κ2) is 10.7. The molecule has 4 amide bonds. The normalized spacial score (nSPS) is 9.38. The van der Waals surface area contributed by atoms with Crippen molar-refractivity contribution in [1.82, 2.24) is 21.3 Å². The number of urea groups is 2. The van der Waals surface area contributed by atoms with Gasteiger partial charge in [0.1, 0.15) is 0 Å². The van der Waals surface area contributed by atoms with Crippen LogP contribution in [0.25, 0.3) is 0 Å². The van der Waals surface area contributed by atoms with E-state index >= 15 is 0 Å². The summed E-state index contributed by atoms with van der Waals surface area (Å²) in [6.45, 7) is 1.28. The standard InChI is InChI=1S/C8H18N4O2S2/c1-9-7(13)11-3-5-15-16-6-4-12-8(14)10-2/h3-6H2,1-2H3,(H2,9,11,13)(H2,10,12,14). The molecule has 0 aliphatic heterocycles. The Morgan fingerprint density at radius 1 is 0.875 bits per heavy atom. The van der Waals surface area contributed by atoms with Crippen molar-refractivity contribution >= 4 is 33.7 Å². The molecule has 0 aromatic heterocycles. The van der Waals surface area contributed by atoms with Gasteiger partial charge in [-0.2, -0.15) is 0 Å². The molecule has 0 aliphatic rings. The summed E-state index contributed by atoms with van der Waals surface area (Å²) in [5.41, 5.74) is 0. The summed E-state index contributed by atoms with van der Waals surface area (Å²) < 4.78 is 0. The van der Waals surface area contributed by atoms with Gasteiger partial charge in [-0.25, -0.2) is 9.59 Å². The second-order valence-corrected chi connectivity index (χ2v) is 5.36. The van der Waals surface area contributed by atoms with Crippen LogP contribution in [-0.4, -0.2) is 50.8 Å². The highest BCUT2D eigenvalue weighted by Crippen LogP contribution is 2.19. The lowest BCUT2D eigenvalue weighted by molar-refractivity contribution is 0.242. The van der Waals surface area contributed by atoms with E-state index in [1.165, 1.54) is 0 Å². The van der Waals surface area contributed by atoms with Gasteiger partial charge in [-0.3, -0.25) is 0 Å². The van der Waals surface area contributed by atoms with Crippen molar-refractivity contribution in [3.05, 3.63) is 0 Å². The topological polar surface area (TPSA) is 82.3 Å². The summed E-state index contributed by atoms with van der Waals surface area (Å²) in [6, 6.07) is -0.321. The van der Waals surface area contributed by atoms with Crippen LogP contribution in [0.2, 0.25) is 0 Å². The lowest BCUT2D eigenvalue weighted by atomic mass is 10.7. The minimum Gasteiger partial charge on any atom is -0.341 e. The molecule has 8 heteroatoms. The SMILES string of the molecule is CNC(=O)NCCSSCCNC(=O)NC. The fourth-order valence-corrected chi connectivity index (χ4v) is 2.52. The van der Waals surface area contributed by atoms with Crippen LogP contribution in [0.3, 0.4) is 0 Å². The predicted octanol–water partition coefficient (Wildman–Crippen LogP) is 0.226. The van der Waals surface area contributed by atoms with Gasteiger partial charge in [-0.05, 0) is 0 Å². The molecule has 0 fully saturated rings. The van der Waals surface area contributed by atoms with Crippen molar-refractivity contribution < 1.29 is 9.59 Å². The average Bonchev–Trinajstić information content (AvgIpc) is 2.31. The molecule has 0 rings (SSSR count). The van der Waals surface area contributed by atoms with E-state index in [2.05, 4.69) is 21.3 Å². The molecule has 0 saturated heterocycles. The minimum atomic E-state index is -0.160. The second-order valence-electron chi connectivity index (χ2n) is 2.66. The fourth-order valence-electron chi connectivity index (χ4n) is 0.707. The fraction of sp³-hybridized carbons (Fsp3) is 0.750. The predicted molar refractivity (Wildman–Crippen MR) is 69.8 cm³/mol. The molecule has 0 heterocycles. The van der Waals surface area contributed by atoms with E-state index in [0.29, 0.717) is 13.1 Å². The molecular weight excluding hydrogens is 248 g/mol. The summed E-state index contributed by atoms with van der Waals surface area (Å²) >= 11 is 0. The van der Waals surface area contributed by atoms with Crippen LogP contribution in [0.4, 0.5) is 9.59 Å². The molecule has 94 valence electrons. The van der Waals surface area contributed by atoms with Gasteiger partial charge < -0.3 is 21.3 Å². The maximum Gasteiger partial charge on any atom is 0.314 e. The van der Waals surface area contributed by atoms with Crippen molar-refractivity contribution in [2.45, 2.75) is 0 Å². The molecule has 4 N–H and O–H groups in total. The third kappa shape index (κ3) is 9.78. The van der Waals surface area contributed by atoms with Crippen molar-refractivity contribution in [2.75, 3.05) is 38.7 Å². The zero-order valence-corrected chi connectivity index (χ0v) is 11.1. The lowest BCUT2D eigenvalue weighted by Crippen LogP contribution is -2.34. The zero-order chi connectivity index (χ0) is 12.2. The molecule has 6 nitrogen and oxygen atoms in total. The van der Waals surface area contributed by atoms with E-state index in [9.17, 15) is 9.59 Å². The highest BCUT2D eigenvalue weighted by Gasteiger charge is 1.96. The van der Waals surface area contributed by atoms with Crippen LogP contribution >= 0.6 is 21.6 Å². The molecule has 0 bridgehead atoms. The van der Waals surface area contributed by atoms with Crippen molar-refractivity contribution in [3.8, 4) is 0 Å². The monoisotopic (exact) mass is 266 g/mol.